The molecule has 0 amide bonds. The molecule has 1 unspecified atom stereocenters. The van der Waals surface area contributed by atoms with Gasteiger partial charge in [0, 0.05) is 23.2 Å². The van der Waals surface area contributed by atoms with Crippen LogP contribution in [0.25, 0.3) is 0 Å². The summed E-state index contributed by atoms with van der Waals surface area (Å²) >= 11 is 1.83. The Morgan fingerprint density at radius 2 is 2.00 bits per heavy atom. The molecule has 0 aliphatic carbocycles. The van der Waals surface area contributed by atoms with Crippen molar-refractivity contribution in [1.82, 2.24) is 9.97 Å². The van der Waals surface area contributed by atoms with Gasteiger partial charge >= 0.3 is 0 Å². The Bertz CT molecular complexity index is 339. The third kappa shape index (κ3) is 4.00. The molecule has 1 aromatic heterocycles. The highest BCUT2D eigenvalue weighted by Gasteiger charge is 2.07. The monoisotopic (exact) mass is 239 g/mol. The summed E-state index contributed by atoms with van der Waals surface area (Å²) in [5.74, 6) is 2.26. The van der Waals surface area contributed by atoms with E-state index in [9.17, 15) is 0 Å². The summed E-state index contributed by atoms with van der Waals surface area (Å²) in [5.41, 5.74) is 2.13. The molecule has 16 heavy (non-hydrogen) atoms. The van der Waals surface area contributed by atoms with Crippen LogP contribution in [0.15, 0.2) is 6.07 Å². The molecule has 0 bridgehead atoms. The highest BCUT2D eigenvalue weighted by Crippen LogP contribution is 2.15. The minimum absolute atomic E-state index is 0.400. The van der Waals surface area contributed by atoms with Crippen LogP contribution in [0.2, 0.25) is 0 Å². The molecular weight excluding hydrogens is 218 g/mol. The van der Waals surface area contributed by atoms with E-state index in [2.05, 4.69) is 48.4 Å². The highest BCUT2D eigenvalue weighted by atomic mass is 32.2. The topological polar surface area (TPSA) is 37.8 Å². The van der Waals surface area contributed by atoms with Gasteiger partial charge in [-0.25, -0.2) is 9.97 Å². The Hall–Kier alpha value is -0.770. The third-order valence-corrected chi connectivity index (χ3v) is 3.09. The zero-order valence-electron chi connectivity index (χ0n) is 10.7. The molecule has 1 N–H and O–H groups in total. The maximum atomic E-state index is 4.52. The fourth-order valence-electron chi connectivity index (χ4n) is 1.47. The molecule has 0 radical (unpaired) electrons. The van der Waals surface area contributed by atoms with Crippen molar-refractivity contribution in [2.75, 3.05) is 17.3 Å². The van der Waals surface area contributed by atoms with Crippen molar-refractivity contribution in [3.8, 4) is 0 Å². The van der Waals surface area contributed by atoms with Crippen LogP contribution in [0.1, 0.15) is 38.1 Å². The second-order valence-electron chi connectivity index (χ2n) is 4.41. The summed E-state index contributed by atoms with van der Waals surface area (Å²) in [6.07, 6.45) is 2.11. The number of anilines is 1. The molecule has 1 rings (SSSR count). The average Bonchev–Trinajstić information content (AvgIpc) is 2.16. The maximum absolute atomic E-state index is 4.52. The molecule has 0 aliphatic heterocycles. The minimum Gasteiger partial charge on any atom is -0.351 e. The highest BCUT2D eigenvalue weighted by molar-refractivity contribution is 7.98. The predicted octanol–water partition coefficient (Wildman–Crippen LogP) is 3.07. The second kappa shape index (κ2) is 6.09. The maximum Gasteiger partial charge on any atom is 0.223 e. The number of nitrogens with zero attached hydrogens (tertiary/aromatic N) is 2. The van der Waals surface area contributed by atoms with Crippen LogP contribution in [-0.4, -0.2) is 28.0 Å². The van der Waals surface area contributed by atoms with Gasteiger partial charge in [0.15, 0.2) is 0 Å². The van der Waals surface area contributed by atoms with Crippen molar-refractivity contribution in [3.05, 3.63) is 17.5 Å². The smallest absolute Gasteiger partial charge is 0.223 e. The van der Waals surface area contributed by atoms with Gasteiger partial charge in [-0.1, -0.05) is 13.8 Å². The molecule has 0 spiro atoms. The lowest BCUT2D eigenvalue weighted by Crippen LogP contribution is -2.20. The van der Waals surface area contributed by atoms with Gasteiger partial charge < -0.3 is 5.32 Å². The fourth-order valence-corrected chi connectivity index (χ4v) is 2.05. The normalized spacial score (nSPS) is 12.9. The average molecular weight is 239 g/mol. The molecule has 4 heteroatoms. The zero-order chi connectivity index (χ0) is 12.1. The quantitative estimate of drug-likeness (QED) is 0.857. The van der Waals surface area contributed by atoms with Gasteiger partial charge in [0.25, 0.3) is 0 Å². The van der Waals surface area contributed by atoms with E-state index in [1.165, 1.54) is 0 Å². The number of thioether (sulfide) groups is 1. The lowest BCUT2D eigenvalue weighted by atomic mass is 10.1. The molecule has 3 nitrogen and oxygen atoms in total. The Kier molecular flexibility index (Phi) is 5.06. The van der Waals surface area contributed by atoms with Crippen molar-refractivity contribution in [1.29, 1.82) is 0 Å². The van der Waals surface area contributed by atoms with Crippen molar-refractivity contribution in [2.45, 2.75) is 39.7 Å². The van der Waals surface area contributed by atoms with E-state index in [1.54, 1.807) is 0 Å². The van der Waals surface area contributed by atoms with Gasteiger partial charge in [-0.3, -0.25) is 0 Å². The molecule has 0 aliphatic rings. The molecule has 0 fully saturated rings. The van der Waals surface area contributed by atoms with E-state index in [0.717, 1.165) is 23.1 Å². The van der Waals surface area contributed by atoms with Crippen molar-refractivity contribution in [3.63, 3.8) is 0 Å². The van der Waals surface area contributed by atoms with Crippen LogP contribution in [0.3, 0.4) is 0 Å². The molecular formula is C12H21N3S. The van der Waals surface area contributed by atoms with Crippen LogP contribution < -0.4 is 5.32 Å². The number of nitrogens with one attached hydrogen (secondary N) is 1. The first kappa shape index (κ1) is 13.3. The van der Waals surface area contributed by atoms with Gasteiger partial charge in [-0.2, -0.15) is 11.8 Å². The lowest BCUT2D eigenvalue weighted by Gasteiger charge is -2.14. The Balaban J connectivity index is 2.80. The number of hydrogen-bond donors (Lipinski definition) is 1. The first-order chi connectivity index (χ1) is 7.52. The Morgan fingerprint density at radius 1 is 1.31 bits per heavy atom. The predicted molar refractivity (Wildman–Crippen MR) is 72.3 cm³/mol. The molecule has 1 atom stereocenters. The zero-order valence-corrected chi connectivity index (χ0v) is 11.6. The number of aromatic nitrogens is 2. The second-order valence-corrected chi connectivity index (χ2v) is 5.32. The van der Waals surface area contributed by atoms with Gasteiger partial charge in [0.05, 0.1) is 0 Å². The minimum atomic E-state index is 0.400. The number of rotatable bonds is 5. The Labute approximate surface area is 102 Å². The van der Waals surface area contributed by atoms with Gasteiger partial charge in [0.1, 0.15) is 0 Å². The van der Waals surface area contributed by atoms with E-state index < -0.39 is 0 Å². The van der Waals surface area contributed by atoms with Crippen LogP contribution in [0, 0.1) is 6.92 Å². The summed E-state index contributed by atoms with van der Waals surface area (Å²) < 4.78 is 0. The van der Waals surface area contributed by atoms with E-state index in [1.807, 2.05) is 18.7 Å². The van der Waals surface area contributed by atoms with Crippen molar-refractivity contribution >= 4 is 17.7 Å². The summed E-state index contributed by atoms with van der Waals surface area (Å²) in [7, 11) is 0. The van der Waals surface area contributed by atoms with Crippen LogP contribution >= 0.6 is 11.8 Å². The molecule has 0 saturated heterocycles. The van der Waals surface area contributed by atoms with Crippen molar-refractivity contribution < 1.29 is 0 Å². The standard InChI is InChI=1S/C12H21N3S/c1-8(2)11-6-9(3)13-12(15-11)14-10(4)7-16-5/h6,8,10H,7H2,1-5H3,(H,13,14,15). The molecule has 0 saturated carbocycles. The van der Waals surface area contributed by atoms with E-state index in [4.69, 9.17) is 0 Å². The van der Waals surface area contributed by atoms with E-state index in [-0.39, 0.29) is 0 Å². The summed E-state index contributed by atoms with van der Waals surface area (Å²) in [4.78, 5) is 8.93. The molecule has 1 aromatic rings. The summed E-state index contributed by atoms with van der Waals surface area (Å²) in [6.45, 7) is 8.46. The molecule has 1 heterocycles. The van der Waals surface area contributed by atoms with Gasteiger partial charge in [-0.05, 0) is 32.1 Å². The van der Waals surface area contributed by atoms with E-state index >= 15 is 0 Å². The first-order valence-electron chi connectivity index (χ1n) is 5.64. The number of hydrogen-bond acceptors (Lipinski definition) is 4. The number of aryl methyl sites for hydroxylation is 1. The third-order valence-electron chi connectivity index (χ3n) is 2.26. The van der Waals surface area contributed by atoms with E-state index in [0.29, 0.717) is 12.0 Å². The van der Waals surface area contributed by atoms with Crippen LogP contribution in [-0.2, 0) is 0 Å². The lowest BCUT2D eigenvalue weighted by molar-refractivity contribution is 0.798. The molecule has 0 aromatic carbocycles. The summed E-state index contributed by atoms with van der Waals surface area (Å²) in [5, 5.41) is 3.34. The van der Waals surface area contributed by atoms with Crippen LogP contribution in [0.4, 0.5) is 5.95 Å². The fraction of sp³-hybridized carbons (Fsp3) is 0.667. The van der Waals surface area contributed by atoms with Gasteiger partial charge in [0.2, 0.25) is 5.95 Å². The first-order valence-corrected chi connectivity index (χ1v) is 7.03. The SMILES string of the molecule is CSCC(C)Nc1nc(C)cc(C(C)C)n1. The van der Waals surface area contributed by atoms with Crippen LogP contribution in [0.5, 0.6) is 0 Å². The largest absolute Gasteiger partial charge is 0.351 e. The summed E-state index contributed by atoms with van der Waals surface area (Å²) in [6, 6.07) is 2.45. The Morgan fingerprint density at radius 3 is 2.56 bits per heavy atom. The van der Waals surface area contributed by atoms with Crippen molar-refractivity contribution in [2.24, 2.45) is 0 Å². The molecule has 90 valence electrons. The van der Waals surface area contributed by atoms with Gasteiger partial charge in [-0.15, -0.1) is 0 Å².